The normalized spacial score (nSPS) is 13.4. The van der Waals surface area contributed by atoms with Crippen LogP contribution in [0.3, 0.4) is 0 Å². The van der Waals surface area contributed by atoms with Gasteiger partial charge in [-0.25, -0.2) is 0 Å². The van der Waals surface area contributed by atoms with Crippen LogP contribution in [-0.2, 0) is 19.3 Å². The van der Waals surface area contributed by atoms with Crippen LogP contribution in [0, 0.1) is 0 Å². The number of aromatic nitrogens is 2. The van der Waals surface area contributed by atoms with Crippen LogP contribution in [0.2, 0.25) is 0 Å². The molecule has 4 rings (SSSR count). The van der Waals surface area contributed by atoms with Gasteiger partial charge in [0.2, 0.25) is 0 Å². The molecular weight excluding hydrogens is 359 g/mol. The van der Waals surface area contributed by atoms with Crippen molar-refractivity contribution in [2.45, 2.75) is 19.3 Å². The summed E-state index contributed by atoms with van der Waals surface area (Å²) in [4.78, 5) is 11.6. The number of carbonyl (C=O) groups is 1. The summed E-state index contributed by atoms with van der Waals surface area (Å²) < 4.78 is 43.9. The Labute approximate surface area is 152 Å². The van der Waals surface area contributed by atoms with Crippen molar-refractivity contribution in [2.75, 3.05) is 0 Å². The third-order valence-electron chi connectivity index (χ3n) is 4.37. The molecule has 2 aromatic carbocycles. The fourth-order valence-electron chi connectivity index (χ4n) is 2.96. The molecule has 0 bridgehead atoms. The number of benzene rings is 2. The Bertz CT molecular complexity index is 994. The molecule has 0 radical (unpaired) electrons. The van der Waals surface area contributed by atoms with E-state index in [0.29, 0.717) is 34.7 Å². The first-order chi connectivity index (χ1) is 12.9. The molecule has 3 aromatic rings. The highest BCUT2D eigenvalue weighted by Crippen LogP contribution is 2.31. The van der Waals surface area contributed by atoms with Crippen LogP contribution in [-0.4, -0.2) is 16.1 Å². The number of ether oxygens (including phenoxy) is 1. The molecule has 1 aliphatic rings. The summed E-state index contributed by atoms with van der Waals surface area (Å²) in [5, 5.41) is 9.50. The van der Waals surface area contributed by atoms with Gasteiger partial charge in [-0.15, -0.1) is 0 Å². The molecule has 0 fully saturated rings. The van der Waals surface area contributed by atoms with Gasteiger partial charge >= 0.3 is 6.18 Å². The van der Waals surface area contributed by atoms with E-state index in [-0.39, 0.29) is 12.5 Å². The molecule has 1 aliphatic heterocycles. The van der Waals surface area contributed by atoms with Crippen molar-refractivity contribution in [1.29, 1.82) is 0 Å². The fourth-order valence-corrected chi connectivity index (χ4v) is 2.96. The van der Waals surface area contributed by atoms with Gasteiger partial charge in [0.25, 0.3) is 5.91 Å². The topological polar surface area (TPSA) is 67.0 Å². The number of halogens is 3. The van der Waals surface area contributed by atoms with Crippen molar-refractivity contribution in [3.63, 3.8) is 0 Å². The Morgan fingerprint density at radius 1 is 1.11 bits per heavy atom. The van der Waals surface area contributed by atoms with E-state index in [4.69, 9.17) is 4.74 Å². The summed E-state index contributed by atoms with van der Waals surface area (Å²) in [6.07, 6.45) is -2.80. The molecule has 1 aromatic heterocycles. The lowest BCUT2D eigenvalue weighted by atomic mass is 10.1. The average Bonchev–Trinajstić information content (AvgIpc) is 3.26. The molecule has 138 valence electrons. The standard InChI is InChI=1S/C19H14F3N3O2/c20-19(21,22)14-3-1-11(2-4-14)17-13(9-24-25-17)10-27-15-5-6-16-12(7-15)8-23-18(16)26/h1-7,9H,8,10H2,(H,23,26)(H,24,25). The number of nitrogens with zero attached hydrogens (tertiary/aromatic N) is 1. The predicted molar refractivity (Wildman–Crippen MR) is 91.0 cm³/mol. The van der Waals surface area contributed by atoms with E-state index in [1.165, 1.54) is 12.1 Å². The summed E-state index contributed by atoms with van der Waals surface area (Å²) in [7, 11) is 0. The lowest BCUT2D eigenvalue weighted by Crippen LogP contribution is -2.12. The highest BCUT2D eigenvalue weighted by atomic mass is 19.4. The number of hydrogen-bond acceptors (Lipinski definition) is 3. The van der Waals surface area contributed by atoms with Crippen molar-refractivity contribution in [2.24, 2.45) is 0 Å². The van der Waals surface area contributed by atoms with Gasteiger partial charge in [-0.3, -0.25) is 9.89 Å². The molecular formula is C19H14F3N3O2. The zero-order chi connectivity index (χ0) is 19.0. The lowest BCUT2D eigenvalue weighted by molar-refractivity contribution is -0.137. The van der Waals surface area contributed by atoms with Gasteiger partial charge in [-0.1, -0.05) is 12.1 Å². The largest absolute Gasteiger partial charge is 0.489 e. The predicted octanol–water partition coefficient (Wildman–Crippen LogP) is 3.92. The van der Waals surface area contributed by atoms with Crippen LogP contribution in [0.25, 0.3) is 11.3 Å². The second-order valence-corrected chi connectivity index (χ2v) is 6.14. The van der Waals surface area contributed by atoms with Crippen LogP contribution in [0.1, 0.15) is 27.0 Å². The minimum Gasteiger partial charge on any atom is -0.489 e. The number of carbonyl (C=O) groups excluding carboxylic acids is 1. The van der Waals surface area contributed by atoms with E-state index in [0.717, 1.165) is 17.7 Å². The molecule has 27 heavy (non-hydrogen) atoms. The summed E-state index contributed by atoms with van der Waals surface area (Å²) in [5.74, 6) is 0.501. The summed E-state index contributed by atoms with van der Waals surface area (Å²) in [5.41, 5.74) is 2.70. The molecule has 8 heteroatoms. The molecule has 2 heterocycles. The highest BCUT2D eigenvalue weighted by Gasteiger charge is 2.30. The number of rotatable bonds is 4. The van der Waals surface area contributed by atoms with E-state index in [2.05, 4.69) is 15.5 Å². The van der Waals surface area contributed by atoms with Gasteiger partial charge in [0, 0.05) is 17.7 Å². The minimum atomic E-state index is -4.37. The average molecular weight is 373 g/mol. The maximum Gasteiger partial charge on any atom is 0.416 e. The quantitative estimate of drug-likeness (QED) is 0.729. The molecule has 0 saturated carbocycles. The van der Waals surface area contributed by atoms with Crippen molar-refractivity contribution in [1.82, 2.24) is 15.5 Å². The molecule has 0 atom stereocenters. The van der Waals surface area contributed by atoms with Gasteiger partial charge in [0.05, 0.1) is 17.5 Å². The van der Waals surface area contributed by atoms with E-state index in [1.807, 2.05) is 0 Å². The Morgan fingerprint density at radius 3 is 2.63 bits per heavy atom. The number of amides is 1. The lowest BCUT2D eigenvalue weighted by Gasteiger charge is -2.09. The summed E-state index contributed by atoms with van der Waals surface area (Å²) >= 11 is 0. The van der Waals surface area contributed by atoms with Crippen LogP contribution in [0.5, 0.6) is 5.75 Å². The Hall–Kier alpha value is -3.29. The number of alkyl halides is 3. The van der Waals surface area contributed by atoms with Crippen molar-refractivity contribution < 1.29 is 22.7 Å². The number of hydrogen-bond donors (Lipinski definition) is 2. The molecule has 0 saturated heterocycles. The van der Waals surface area contributed by atoms with E-state index in [9.17, 15) is 18.0 Å². The molecule has 0 spiro atoms. The Kier molecular flexibility index (Phi) is 4.10. The molecule has 0 unspecified atom stereocenters. The Balaban J connectivity index is 1.50. The van der Waals surface area contributed by atoms with Gasteiger partial charge < -0.3 is 10.1 Å². The van der Waals surface area contributed by atoms with Crippen LogP contribution < -0.4 is 10.1 Å². The summed E-state index contributed by atoms with van der Waals surface area (Å²) in [6.45, 7) is 0.654. The first-order valence-electron chi connectivity index (χ1n) is 8.15. The van der Waals surface area contributed by atoms with Gasteiger partial charge in [-0.05, 0) is 41.5 Å². The van der Waals surface area contributed by atoms with E-state index >= 15 is 0 Å². The number of nitrogens with one attached hydrogen (secondary N) is 2. The van der Waals surface area contributed by atoms with E-state index in [1.54, 1.807) is 24.4 Å². The second-order valence-electron chi connectivity index (χ2n) is 6.14. The van der Waals surface area contributed by atoms with Crippen LogP contribution >= 0.6 is 0 Å². The van der Waals surface area contributed by atoms with Gasteiger partial charge in [0.1, 0.15) is 12.4 Å². The first-order valence-corrected chi connectivity index (χ1v) is 8.15. The number of aromatic amines is 1. The maximum atomic E-state index is 12.7. The fraction of sp³-hybridized carbons (Fsp3) is 0.158. The summed E-state index contributed by atoms with van der Waals surface area (Å²) in [6, 6.07) is 10.1. The molecule has 2 N–H and O–H groups in total. The Morgan fingerprint density at radius 2 is 1.89 bits per heavy atom. The maximum absolute atomic E-state index is 12.7. The van der Waals surface area contributed by atoms with Crippen molar-refractivity contribution >= 4 is 5.91 Å². The SMILES string of the molecule is O=C1NCc2cc(OCc3cn[nH]c3-c3ccc(C(F)(F)F)cc3)ccc21. The zero-order valence-electron chi connectivity index (χ0n) is 13.9. The van der Waals surface area contributed by atoms with Crippen molar-refractivity contribution in [3.05, 3.63) is 70.9 Å². The monoisotopic (exact) mass is 373 g/mol. The van der Waals surface area contributed by atoms with Crippen LogP contribution in [0.15, 0.2) is 48.7 Å². The third-order valence-corrected chi connectivity index (χ3v) is 4.37. The molecule has 5 nitrogen and oxygen atoms in total. The zero-order valence-corrected chi connectivity index (χ0v) is 13.9. The number of fused-ring (bicyclic) bond motifs is 1. The van der Waals surface area contributed by atoms with Crippen molar-refractivity contribution in [3.8, 4) is 17.0 Å². The first kappa shape index (κ1) is 17.1. The van der Waals surface area contributed by atoms with Gasteiger partial charge in [0.15, 0.2) is 0 Å². The second kappa shape index (κ2) is 6.46. The van der Waals surface area contributed by atoms with Crippen LogP contribution in [0.4, 0.5) is 13.2 Å². The third kappa shape index (κ3) is 3.38. The smallest absolute Gasteiger partial charge is 0.416 e. The molecule has 0 aliphatic carbocycles. The molecule has 1 amide bonds. The highest BCUT2D eigenvalue weighted by molar-refractivity contribution is 5.98. The minimum absolute atomic E-state index is 0.101. The van der Waals surface area contributed by atoms with Gasteiger partial charge in [-0.2, -0.15) is 18.3 Å². The number of H-pyrrole nitrogens is 1. The van der Waals surface area contributed by atoms with E-state index < -0.39 is 11.7 Å².